The van der Waals surface area contributed by atoms with Gasteiger partial charge in [-0.15, -0.1) is 0 Å². The molecule has 1 aromatic carbocycles. The van der Waals surface area contributed by atoms with Crippen molar-refractivity contribution in [3.05, 3.63) is 35.5 Å². The molecule has 3 aromatic rings. The van der Waals surface area contributed by atoms with Gasteiger partial charge in [-0.1, -0.05) is 18.2 Å². The van der Waals surface area contributed by atoms with Crippen LogP contribution in [0, 0.1) is 0 Å². The molecule has 7 nitrogen and oxygen atoms in total. The fourth-order valence-corrected chi connectivity index (χ4v) is 2.80. The Kier molecular flexibility index (Phi) is 4.64. The summed E-state index contributed by atoms with van der Waals surface area (Å²) in [4.78, 5) is 19.9. The molecule has 0 atom stereocenters. The average molecular weight is 329 g/mol. The van der Waals surface area contributed by atoms with Gasteiger partial charge in [-0.3, -0.25) is 4.79 Å². The SMILES string of the molecule is CNC(=O)c1nc(OCCO)c2[nH]c3ccccc3c2c1COC. The number of amides is 1. The first-order chi connectivity index (χ1) is 11.7. The molecule has 7 heteroatoms. The first-order valence-corrected chi connectivity index (χ1v) is 7.59. The van der Waals surface area contributed by atoms with Gasteiger partial charge in [0.05, 0.1) is 13.2 Å². The molecule has 0 aliphatic heterocycles. The van der Waals surface area contributed by atoms with Crippen molar-refractivity contribution in [2.45, 2.75) is 6.61 Å². The first kappa shape index (κ1) is 16.2. The summed E-state index contributed by atoms with van der Waals surface area (Å²) in [5.74, 6) is -0.0308. The number of ether oxygens (including phenoxy) is 2. The average Bonchev–Trinajstić information content (AvgIpc) is 3.00. The molecule has 1 amide bonds. The molecule has 2 aromatic heterocycles. The topological polar surface area (TPSA) is 96.5 Å². The maximum atomic E-state index is 12.3. The van der Waals surface area contributed by atoms with Crippen molar-refractivity contribution in [2.75, 3.05) is 27.4 Å². The van der Waals surface area contributed by atoms with Gasteiger partial charge in [0.1, 0.15) is 17.8 Å². The van der Waals surface area contributed by atoms with Crippen LogP contribution in [0.4, 0.5) is 0 Å². The lowest BCUT2D eigenvalue weighted by Gasteiger charge is -2.12. The van der Waals surface area contributed by atoms with E-state index in [9.17, 15) is 4.79 Å². The van der Waals surface area contributed by atoms with Crippen LogP contribution in [0.25, 0.3) is 21.8 Å². The summed E-state index contributed by atoms with van der Waals surface area (Å²) in [6.45, 7) is 0.196. The lowest BCUT2D eigenvalue weighted by molar-refractivity contribution is 0.0951. The van der Waals surface area contributed by atoms with E-state index < -0.39 is 0 Å². The third kappa shape index (κ3) is 2.68. The third-order valence-electron chi connectivity index (χ3n) is 3.78. The van der Waals surface area contributed by atoms with Gasteiger partial charge in [0.2, 0.25) is 5.88 Å². The second kappa shape index (κ2) is 6.86. The van der Waals surface area contributed by atoms with Crippen LogP contribution in [-0.2, 0) is 11.3 Å². The van der Waals surface area contributed by atoms with Crippen molar-refractivity contribution in [3.8, 4) is 5.88 Å². The van der Waals surface area contributed by atoms with Crippen molar-refractivity contribution in [3.63, 3.8) is 0 Å². The summed E-state index contributed by atoms with van der Waals surface area (Å²) in [5.41, 5.74) is 2.55. The van der Waals surface area contributed by atoms with Gasteiger partial charge in [0.25, 0.3) is 5.91 Å². The lowest BCUT2D eigenvalue weighted by atomic mass is 10.1. The summed E-state index contributed by atoms with van der Waals surface area (Å²) < 4.78 is 10.8. The summed E-state index contributed by atoms with van der Waals surface area (Å²) >= 11 is 0. The fraction of sp³-hybridized carbons (Fsp3) is 0.294. The van der Waals surface area contributed by atoms with Crippen LogP contribution in [0.2, 0.25) is 0 Å². The predicted molar refractivity (Wildman–Crippen MR) is 90.3 cm³/mol. The number of para-hydroxylation sites is 1. The van der Waals surface area contributed by atoms with Gasteiger partial charge >= 0.3 is 0 Å². The van der Waals surface area contributed by atoms with Crippen LogP contribution in [0.5, 0.6) is 5.88 Å². The molecule has 126 valence electrons. The zero-order valence-corrected chi connectivity index (χ0v) is 13.5. The zero-order valence-electron chi connectivity index (χ0n) is 13.5. The van der Waals surface area contributed by atoms with E-state index in [4.69, 9.17) is 14.6 Å². The molecule has 0 radical (unpaired) electrons. The molecular formula is C17H19N3O4. The number of aliphatic hydroxyl groups is 1. The van der Waals surface area contributed by atoms with E-state index in [1.807, 2.05) is 24.3 Å². The molecule has 0 aliphatic carbocycles. The molecule has 0 fully saturated rings. The molecule has 2 heterocycles. The fourth-order valence-electron chi connectivity index (χ4n) is 2.80. The van der Waals surface area contributed by atoms with Crippen LogP contribution in [-0.4, -0.2) is 48.4 Å². The standard InChI is InChI=1S/C17H19N3O4/c1-18-16(22)14-11(9-23-2)13-10-5-3-4-6-12(10)19-15(13)17(20-14)24-8-7-21/h3-6,19,21H,7-9H2,1-2H3,(H,18,22). The Morgan fingerprint density at radius 2 is 2.17 bits per heavy atom. The molecule has 24 heavy (non-hydrogen) atoms. The van der Waals surface area contributed by atoms with Crippen LogP contribution in [0.3, 0.4) is 0 Å². The summed E-state index contributed by atoms with van der Waals surface area (Å²) in [5, 5.41) is 13.4. The number of benzene rings is 1. The number of nitrogens with one attached hydrogen (secondary N) is 2. The number of rotatable bonds is 6. The van der Waals surface area contributed by atoms with Gasteiger partial charge < -0.3 is 24.9 Å². The summed E-state index contributed by atoms with van der Waals surface area (Å²) in [6.07, 6.45) is 0. The Labute approximate surface area is 138 Å². The monoisotopic (exact) mass is 329 g/mol. The molecule has 0 bridgehead atoms. The smallest absolute Gasteiger partial charge is 0.270 e. The number of carbonyl (C=O) groups is 1. The number of hydrogen-bond donors (Lipinski definition) is 3. The van der Waals surface area contributed by atoms with Crippen molar-refractivity contribution >= 4 is 27.7 Å². The maximum Gasteiger partial charge on any atom is 0.270 e. The van der Waals surface area contributed by atoms with Crippen LogP contribution >= 0.6 is 0 Å². The molecule has 0 spiro atoms. The maximum absolute atomic E-state index is 12.3. The molecule has 0 saturated heterocycles. The molecule has 0 aliphatic rings. The van der Waals surface area contributed by atoms with E-state index in [1.54, 1.807) is 14.2 Å². The van der Waals surface area contributed by atoms with Gasteiger partial charge in [-0.2, -0.15) is 0 Å². The van der Waals surface area contributed by atoms with E-state index in [0.717, 1.165) is 16.3 Å². The number of aromatic nitrogens is 2. The molecule has 3 rings (SSSR count). The van der Waals surface area contributed by atoms with Crippen LogP contribution in [0.1, 0.15) is 16.1 Å². The Morgan fingerprint density at radius 1 is 1.38 bits per heavy atom. The number of methoxy groups -OCH3 is 1. The Balaban J connectivity index is 2.38. The van der Waals surface area contributed by atoms with E-state index >= 15 is 0 Å². The number of nitrogens with zero attached hydrogens (tertiary/aromatic N) is 1. The quantitative estimate of drug-likeness (QED) is 0.638. The van der Waals surface area contributed by atoms with Crippen molar-refractivity contribution in [1.29, 1.82) is 0 Å². The predicted octanol–water partition coefficient (Wildman–Crippen LogP) is 1.59. The number of carbonyl (C=O) groups excluding carboxylic acids is 1. The molecule has 0 unspecified atom stereocenters. The minimum atomic E-state index is -0.317. The van der Waals surface area contributed by atoms with Gasteiger partial charge in [0.15, 0.2) is 0 Å². The van der Waals surface area contributed by atoms with E-state index in [-0.39, 0.29) is 37.3 Å². The zero-order chi connectivity index (χ0) is 17.1. The number of aromatic amines is 1. The minimum Gasteiger partial charge on any atom is -0.474 e. The summed E-state index contributed by atoms with van der Waals surface area (Å²) in [7, 11) is 3.12. The van der Waals surface area contributed by atoms with E-state index in [0.29, 0.717) is 11.1 Å². The Hall–Kier alpha value is -2.64. The number of aliphatic hydroxyl groups excluding tert-OH is 1. The normalized spacial score (nSPS) is 11.1. The largest absolute Gasteiger partial charge is 0.474 e. The van der Waals surface area contributed by atoms with Gasteiger partial charge in [-0.05, 0) is 6.07 Å². The highest BCUT2D eigenvalue weighted by atomic mass is 16.5. The Morgan fingerprint density at radius 3 is 2.88 bits per heavy atom. The summed E-state index contributed by atoms with van der Waals surface area (Å²) in [6, 6.07) is 7.77. The second-order valence-electron chi connectivity index (χ2n) is 5.25. The van der Waals surface area contributed by atoms with E-state index in [1.165, 1.54) is 0 Å². The van der Waals surface area contributed by atoms with Gasteiger partial charge in [0, 0.05) is 36.0 Å². The lowest BCUT2D eigenvalue weighted by Crippen LogP contribution is -2.22. The van der Waals surface area contributed by atoms with Crippen molar-refractivity contribution < 1.29 is 19.4 Å². The van der Waals surface area contributed by atoms with Crippen molar-refractivity contribution in [1.82, 2.24) is 15.3 Å². The Bertz CT molecular complexity index is 888. The number of pyridine rings is 1. The van der Waals surface area contributed by atoms with Gasteiger partial charge in [-0.25, -0.2) is 4.98 Å². The highest BCUT2D eigenvalue weighted by molar-refractivity contribution is 6.13. The van der Waals surface area contributed by atoms with Crippen LogP contribution in [0.15, 0.2) is 24.3 Å². The van der Waals surface area contributed by atoms with E-state index in [2.05, 4.69) is 15.3 Å². The number of H-pyrrole nitrogens is 1. The first-order valence-electron chi connectivity index (χ1n) is 7.59. The highest BCUT2D eigenvalue weighted by Gasteiger charge is 2.22. The van der Waals surface area contributed by atoms with Crippen molar-refractivity contribution in [2.24, 2.45) is 0 Å². The minimum absolute atomic E-state index is 0.0915. The number of hydrogen-bond acceptors (Lipinski definition) is 5. The van der Waals surface area contributed by atoms with Crippen LogP contribution < -0.4 is 10.1 Å². The third-order valence-corrected chi connectivity index (χ3v) is 3.78. The molecule has 3 N–H and O–H groups in total. The molecule has 0 saturated carbocycles. The second-order valence-corrected chi connectivity index (χ2v) is 5.25. The molecular weight excluding hydrogens is 310 g/mol. The number of fused-ring (bicyclic) bond motifs is 3. The highest BCUT2D eigenvalue weighted by Crippen LogP contribution is 2.35.